The predicted octanol–water partition coefficient (Wildman–Crippen LogP) is 5.71. The first-order chi connectivity index (χ1) is 10.8. The van der Waals surface area contributed by atoms with Gasteiger partial charge in [0.2, 0.25) is 0 Å². The van der Waals surface area contributed by atoms with Crippen molar-refractivity contribution in [3.8, 4) is 17.2 Å². The molecule has 3 rings (SSSR count). The second-order valence-corrected chi connectivity index (χ2v) is 5.24. The number of hydrogen-bond donors (Lipinski definition) is 0. The standard InChI is InChI=1S/C19H15ClO2/c20-16-8-6-15(7-9-16)14-21-17-10-12-19(13-11-17)22-18-4-2-1-3-5-18/h1-13H,14H2. The van der Waals surface area contributed by atoms with Gasteiger partial charge in [-0.15, -0.1) is 0 Å². The molecule has 0 N–H and O–H groups in total. The minimum absolute atomic E-state index is 0.510. The maximum absolute atomic E-state index is 5.86. The lowest BCUT2D eigenvalue weighted by atomic mass is 10.2. The average Bonchev–Trinajstić information content (AvgIpc) is 2.57. The number of rotatable bonds is 5. The lowest BCUT2D eigenvalue weighted by molar-refractivity contribution is 0.306. The van der Waals surface area contributed by atoms with E-state index in [2.05, 4.69) is 0 Å². The van der Waals surface area contributed by atoms with Gasteiger partial charge in [-0.2, -0.15) is 0 Å². The Morgan fingerprint density at radius 2 is 1.23 bits per heavy atom. The van der Waals surface area contributed by atoms with Crippen LogP contribution in [-0.2, 0) is 6.61 Å². The highest BCUT2D eigenvalue weighted by Crippen LogP contribution is 2.24. The molecular weight excluding hydrogens is 296 g/mol. The van der Waals surface area contributed by atoms with Crippen molar-refractivity contribution >= 4 is 11.6 Å². The van der Waals surface area contributed by atoms with Gasteiger partial charge < -0.3 is 9.47 Å². The molecule has 3 aromatic carbocycles. The van der Waals surface area contributed by atoms with Crippen molar-refractivity contribution in [3.05, 3.63) is 89.4 Å². The summed E-state index contributed by atoms with van der Waals surface area (Å²) in [6.45, 7) is 0.510. The first kappa shape index (κ1) is 14.5. The summed E-state index contributed by atoms with van der Waals surface area (Å²) in [5.74, 6) is 2.40. The Bertz CT molecular complexity index is 707. The molecule has 0 heterocycles. The van der Waals surface area contributed by atoms with Crippen LogP contribution >= 0.6 is 11.6 Å². The monoisotopic (exact) mass is 310 g/mol. The minimum Gasteiger partial charge on any atom is -0.489 e. The van der Waals surface area contributed by atoms with E-state index >= 15 is 0 Å². The Labute approximate surface area is 134 Å². The Kier molecular flexibility index (Phi) is 4.62. The second-order valence-electron chi connectivity index (χ2n) is 4.80. The van der Waals surface area contributed by atoms with Crippen molar-refractivity contribution in [3.63, 3.8) is 0 Å². The quantitative estimate of drug-likeness (QED) is 0.601. The fraction of sp³-hybridized carbons (Fsp3) is 0.0526. The van der Waals surface area contributed by atoms with E-state index in [0.717, 1.165) is 27.8 Å². The Balaban J connectivity index is 1.58. The van der Waals surface area contributed by atoms with E-state index in [4.69, 9.17) is 21.1 Å². The first-order valence-electron chi connectivity index (χ1n) is 7.00. The zero-order chi connectivity index (χ0) is 15.2. The highest BCUT2D eigenvalue weighted by Gasteiger charge is 1.99. The summed E-state index contributed by atoms with van der Waals surface area (Å²) in [5.41, 5.74) is 1.08. The highest BCUT2D eigenvalue weighted by molar-refractivity contribution is 6.30. The Morgan fingerprint density at radius 3 is 1.91 bits per heavy atom. The molecule has 0 radical (unpaired) electrons. The molecular formula is C19H15ClO2. The summed E-state index contributed by atoms with van der Waals surface area (Å²) in [6.07, 6.45) is 0. The van der Waals surface area contributed by atoms with Crippen LogP contribution < -0.4 is 9.47 Å². The van der Waals surface area contributed by atoms with Gasteiger partial charge in [-0.05, 0) is 54.1 Å². The molecule has 0 fully saturated rings. The lowest BCUT2D eigenvalue weighted by Crippen LogP contribution is -1.95. The smallest absolute Gasteiger partial charge is 0.127 e. The molecule has 0 aliphatic rings. The highest BCUT2D eigenvalue weighted by atomic mass is 35.5. The van der Waals surface area contributed by atoms with E-state index in [1.807, 2.05) is 78.9 Å². The van der Waals surface area contributed by atoms with Crippen molar-refractivity contribution in [2.24, 2.45) is 0 Å². The molecule has 0 amide bonds. The number of ether oxygens (including phenoxy) is 2. The second kappa shape index (κ2) is 7.01. The molecule has 0 spiro atoms. The maximum atomic E-state index is 5.86. The van der Waals surface area contributed by atoms with Crippen molar-refractivity contribution in [1.29, 1.82) is 0 Å². The van der Waals surface area contributed by atoms with Crippen LogP contribution in [0.25, 0.3) is 0 Å². The van der Waals surface area contributed by atoms with Crippen LogP contribution in [0.3, 0.4) is 0 Å². The summed E-state index contributed by atoms with van der Waals surface area (Å²) in [7, 11) is 0. The molecule has 22 heavy (non-hydrogen) atoms. The molecule has 0 aliphatic heterocycles. The SMILES string of the molecule is Clc1ccc(COc2ccc(Oc3ccccc3)cc2)cc1. The number of benzene rings is 3. The van der Waals surface area contributed by atoms with Crippen LogP contribution in [0.2, 0.25) is 5.02 Å². The molecule has 0 aliphatic carbocycles. The molecule has 3 aromatic rings. The zero-order valence-corrected chi connectivity index (χ0v) is 12.7. The molecule has 2 nitrogen and oxygen atoms in total. The lowest BCUT2D eigenvalue weighted by Gasteiger charge is -2.08. The van der Waals surface area contributed by atoms with Crippen molar-refractivity contribution in [2.75, 3.05) is 0 Å². The summed E-state index contributed by atoms with van der Waals surface area (Å²) in [5, 5.41) is 0.728. The van der Waals surface area contributed by atoms with E-state index in [9.17, 15) is 0 Å². The third-order valence-corrected chi connectivity index (χ3v) is 3.37. The number of hydrogen-bond acceptors (Lipinski definition) is 2. The average molecular weight is 311 g/mol. The molecule has 110 valence electrons. The van der Waals surface area contributed by atoms with Gasteiger partial charge in [-0.25, -0.2) is 0 Å². The van der Waals surface area contributed by atoms with Gasteiger partial charge in [0.05, 0.1) is 0 Å². The third-order valence-electron chi connectivity index (χ3n) is 3.12. The van der Waals surface area contributed by atoms with Crippen molar-refractivity contribution < 1.29 is 9.47 Å². The summed E-state index contributed by atoms with van der Waals surface area (Å²) in [4.78, 5) is 0. The van der Waals surface area contributed by atoms with E-state index in [1.54, 1.807) is 0 Å². The van der Waals surface area contributed by atoms with E-state index in [1.165, 1.54) is 0 Å². The third kappa shape index (κ3) is 4.03. The Hall–Kier alpha value is -2.45. The molecule has 0 saturated carbocycles. The molecule has 3 heteroatoms. The van der Waals surface area contributed by atoms with Gasteiger partial charge >= 0.3 is 0 Å². The van der Waals surface area contributed by atoms with Gasteiger partial charge in [0.1, 0.15) is 23.9 Å². The minimum atomic E-state index is 0.510. The molecule has 0 unspecified atom stereocenters. The molecule has 0 bridgehead atoms. The van der Waals surface area contributed by atoms with Gasteiger partial charge in [0.15, 0.2) is 0 Å². The zero-order valence-electron chi connectivity index (χ0n) is 11.9. The largest absolute Gasteiger partial charge is 0.489 e. The summed E-state index contributed by atoms with van der Waals surface area (Å²) >= 11 is 5.86. The van der Waals surface area contributed by atoms with Crippen LogP contribution in [0.15, 0.2) is 78.9 Å². The maximum Gasteiger partial charge on any atom is 0.127 e. The molecule has 0 aromatic heterocycles. The number of para-hydroxylation sites is 1. The number of halogens is 1. The van der Waals surface area contributed by atoms with Gasteiger partial charge in [0.25, 0.3) is 0 Å². The van der Waals surface area contributed by atoms with Crippen molar-refractivity contribution in [2.45, 2.75) is 6.61 Å². The van der Waals surface area contributed by atoms with Crippen LogP contribution in [0, 0.1) is 0 Å². The van der Waals surface area contributed by atoms with Crippen LogP contribution in [0.4, 0.5) is 0 Å². The Morgan fingerprint density at radius 1 is 0.636 bits per heavy atom. The van der Waals surface area contributed by atoms with Crippen LogP contribution in [-0.4, -0.2) is 0 Å². The van der Waals surface area contributed by atoms with Gasteiger partial charge in [-0.3, -0.25) is 0 Å². The topological polar surface area (TPSA) is 18.5 Å². The predicted molar refractivity (Wildman–Crippen MR) is 88.7 cm³/mol. The normalized spacial score (nSPS) is 10.2. The summed E-state index contributed by atoms with van der Waals surface area (Å²) < 4.78 is 11.5. The van der Waals surface area contributed by atoms with Gasteiger partial charge in [0, 0.05) is 5.02 Å². The van der Waals surface area contributed by atoms with Crippen molar-refractivity contribution in [1.82, 2.24) is 0 Å². The fourth-order valence-electron chi connectivity index (χ4n) is 1.98. The fourth-order valence-corrected chi connectivity index (χ4v) is 2.10. The molecule has 0 saturated heterocycles. The summed E-state index contributed by atoms with van der Waals surface area (Å²) in [6, 6.07) is 24.9. The van der Waals surface area contributed by atoms with E-state index < -0.39 is 0 Å². The van der Waals surface area contributed by atoms with Gasteiger partial charge in [-0.1, -0.05) is 41.9 Å². The molecule has 0 atom stereocenters. The first-order valence-corrected chi connectivity index (χ1v) is 7.37. The van der Waals surface area contributed by atoms with E-state index in [-0.39, 0.29) is 0 Å². The van der Waals surface area contributed by atoms with Crippen LogP contribution in [0.1, 0.15) is 5.56 Å². The van der Waals surface area contributed by atoms with E-state index in [0.29, 0.717) is 6.61 Å². The van der Waals surface area contributed by atoms with Crippen LogP contribution in [0.5, 0.6) is 17.2 Å².